The molecule has 0 fully saturated rings. The zero-order valence-corrected chi connectivity index (χ0v) is 11.0. The third kappa shape index (κ3) is 4.73. The van der Waals surface area contributed by atoms with E-state index < -0.39 is 12.0 Å². The van der Waals surface area contributed by atoms with E-state index in [1.807, 2.05) is 19.1 Å². The number of carbonyl (C=O) groups is 2. The largest absolute Gasteiger partial charge is 0.453 e. The lowest BCUT2D eigenvalue weighted by atomic mass is 10.1. The van der Waals surface area contributed by atoms with Crippen molar-refractivity contribution < 1.29 is 14.3 Å². The van der Waals surface area contributed by atoms with E-state index in [0.29, 0.717) is 5.02 Å². The predicted octanol–water partition coefficient (Wildman–Crippen LogP) is 1.87. The topological polar surface area (TPSA) is 67.4 Å². The number of carbonyl (C=O) groups excluding carboxylic acids is 2. The number of alkyl carbamates (subject to hydrolysis) is 1. The van der Waals surface area contributed by atoms with Crippen molar-refractivity contribution in [3.63, 3.8) is 0 Å². The molecule has 2 amide bonds. The number of benzene rings is 1. The molecule has 1 aromatic carbocycles. The van der Waals surface area contributed by atoms with Crippen molar-refractivity contribution in [1.82, 2.24) is 10.6 Å². The van der Waals surface area contributed by atoms with Crippen LogP contribution in [0.2, 0.25) is 5.02 Å². The highest BCUT2D eigenvalue weighted by Gasteiger charge is 2.10. The summed E-state index contributed by atoms with van der Waals surface area (Å²) in [6, 6.07) is 7.29. The van der Waals surface area contributed by atoms with E-state index in [1.54, 1.807) is 12.1 Å². The molecule has 1 atom stereocenters. The maximum absolute atomic E-state index is 11.3. The minimum atomic E-state index is -0.763. The minimum Gasteiger partial charge on any atom is -0.453 e. The van der Waals surface area contributed by atoms with Gasteiger partial charge in [0.1, 0.15) is 0 Å². The van der Waals surface area contributed by atoms with E-state index in [1.165, 1.54) is 7.11 Å². The predicted molar refractivity (Wildman–Crippen MR) is 68.4 cm³/mol. The Bertz CT molecular complexity index is 420. The van der Waals surface area contributed by atoms with Crippen LogP contribution in [0.15, 0.2) is 24.3 Å². The first-order chi connectivity index (χ1) is 8.52. The van der Waals surface area contributed by atoms with Gasteiger partial charge in [0.25, 0.3) is 0 Å². The molecule has 0 saturated heterocycles. The SMILES string of the molecule is COC(=O)NC(=O)CN[C@@H](C)c1ccc(Cl)cc1. The third-order valence-corrected chi connectivity index (χ3v) is 2.62. The molecule has 0 unspecified atom stereocenters. The van der Waals surface area contributed by atoms with Crippen LogP contribution in [0.25, 0.3) is 0 Å². The minimum absolute atomic E-state index is 0.0225. The second-order valence-electron chi connectivity index (χ2n) is 3.69. The maximum Gasteiger partial charge on any atom is 0.413 e. The summed E-state index contributed by atoms with van der Waals surface area (Å²) in [5.41, 5.74) is 1.00. The molecule has 0 radical (unpaired) electrons. The van der Waals surface area contributed by atoms with E-state index in [2.05, 4.69) is 15.4 Å². The van der Waals surface area contributed by atoms with Gasteiger partial charge in [0, 0.05) is 11.1 Å². The van der Waals surface area contributed by atoms with Gasteiger partial charge < -0.3 is 10.1 Å². The number of halogens is 1. The molecule has 0 spiro atoms. The molecule has 0 aliphatic carbocycles. The first kappa shape index (κ1) is 14.5. The van der Waals surface area contributed by atoms with E-state index >= 15 is 0 Å². The van der Waals surface area contributed by atoms with Crippen LogP contribution in [0.3, 0.4) is 0 Å². The summed E-state index contributed by atoms with van der Waals surface area (Å²) in [6.45, 7) is 1.94. The Morgan fingerprint density at radius 3 is 2.50 bits per heavy atom. The van der Waals surface area contributed by atoms with Gasteiger partial charge in [-0.25, -0.2) is 4.79 Å². The van der Waals surface area contributed by atoms with Gasteiger partial charge in [0.15, 0.2) is 0 Å². The smallest absolute Gasteiger partial charge is 0.413 e. The number of amides is 2. The normalized spacial score (nSPS) is 11.7. The van der Waals surface area contributed by atoms with Gasteiger partial charge in [0.2, 0.25) is 5.91 Å². The van der Waals surface area contributed by atoms with Gasteiger partial charge >= 0.3 is 6.09 Å². The molecule has 0 aromatic heterocycles. The van der Waals surface area contributed by atoms with Gasteiger partial charge in [-0.1, -0.05) is 23.7 Å². The lowest BCUT2D eigenvalue weighted by molar-refractivity contribution is -0.119. The first-order valence-corrected chi connectivity index (χ1v) is 5.77. The lowest BCUT2D eigenvalue weighted by Gasteiger charge is -2.13. The average molecular weight is 271 g/mol. The third-order valence-electron chi connectivity index (χ3n) is 2.37. The van der Waals surface area contributed by atoms with Crippen LogP contribution in [-0.4, -0.2) is 25.7 Å². The van der Waals surface area contributed by atoms with E-state index in [4.69, 9.17) is 11.6 Å². The monoisotopic (exact) mass is 270 g/mol. The lowest BCUT2D eigenvalue weighted by Crippen LogP contribution is -2.38. The Morgan fingerprint density at radius 2 is 1.94 bits per heavy atom. The van der Waals surface area contributed by atoms with E-state index in [9.17, 15) is 9.59 Å². The van der Waals surface area contributed by atoms with Crippen LogP contribution in [0.1, 0.15) is 18.5 Å². The van der Waals surface area contributed by atoms with Crippen molar-refractivity contribution in [1.29, 1.82) is 0 Å². The van der Waals surface area contributed by atoms with Crippen molar-refractivity contribution >= 4 is 23.6 Å². The van der Waals surface area contributed by atoms with Crippen molar-refractivity contribution in [2.24, 2.45) is 0 Å². The van der Waals surface area contributed by atoms with Gasteiger partial charge in [-0.15, -0.1) is 0 Å². The van der Waals surface area contributed by atoms with Gasteiger partial charge in [-0.3, -0.25) is 10.1 Å². The molecular formula is C12H15ClN2O3. The summed E-state index contributed by atoms with van der Waals surface area (Å²) in [6.07, 6.45) is -0.763. The molecule has 0 heterocycles. The van der Waals surface area contributed by atoms with Crippen molar-refractivity contribution in [2.45, 2.75) is 13.0 Å². The van der Waals surface area contributed by atoms with Crippen LogP contribution < -0.4 is 10.6 Å². The Morgan fingerprint density at radius 1 is 1.33 bits per heavy atom. The number of methoxy groups -OCH3 is 1. The molecule has 18 heavy (non-hydrogen) atoms. The van der Waals surface area contributed by atoms with Crippen LogP contribution >= 0.6 is 11.6 Å². The average Bonchev–Trinajstić information content (AvgIpc) is 2.36. The summed E-state index contributed by atoms with van der Waals surface area (Å²) >= 11 is 5.78. The van der Waals surface area contributed by atoms with Gasteiger partial charge in [-0.2, -0.15) is 0 Å². The standard InChI is InChI=1S/C12H15ClN2O3/c1-8(9-3-5-10(13)6-4-9)14-7-11(16)15-12(17)18-2/h3-6,8,14H,7H2,1-2H3,(H,15,16,17)/t8-/m0/s1. The Labute approximate surface area is 110 Å². The highest BCUT2D eigenvalue weighted by Crippen LogP contribution is 2.15. The fourth-order valence-electron chi connectivity index (χ4n) is 1.32. The van der Waals surface area contributed by atoms with Crippen molar-refractivity contribution in [2.75, 3.05) is 13.7 Å². The quantitative estimate of drug-likeness (QED) is 0.877. The molecule has 5 nitrogen and oxygen atoms in total. The molecule has 0 bridgehead atoms. The summed E-state index contributed by atoms with van der Waals surface area (Å²) in [4.78, 5) is 22.1. The number of ether oxygens (including phenoxy) is 1. The van der Waals surface area contributed by atoms with Crippen LogP contribution in [0.4, 0.5) is 4.79 Å². The van der Waals surface area contributed by atoms with Crippen LogP contribution in [0, 0.1) is 0 Å². The summed E-state index contributed by atoms with van der Waals surface area (Å²) in [7, 11) is 1.20. The van der Waals surface area contributed by atoms with Crippen molar-refractivity contribution in [3.8, 4) is 0 Å². The fourth-order valence-corrected chi connectivity index (χ4v) is 1.45. The molecule has 1 aromatic rings. The van der Waals surface area contributed by atoms with Gasteiger partial charge in [-0.05, 0) is 24.6 Å². The summed E-state index contributed by atoms with van der Waals surface area (Å²) < 4.78 is 4.31. The van der Waals surface area contributed by atoms with Gasteiger partial charge in [0.05, 0.1) is 13.7 Å². The van der Waals surface area contributed by atoms with Crippen LogP contribution in [-0.2, 0) is 9.53 Å². The molecule has 0 aliphatic rings. The first-order valence-electron chi connectivity index (χ1n) is 5.39. The summed E-state index contributed by atoms with van der Waals surface area (Å²) in [5.74, 6) is -0.442. The second-order valence-corrected chi connectivity index (χ2v) is 4.13. The molecule has 2 N–H and O–H groups in total. The molecule has 6 heteroatoms. The number of imide groups is 1. The Hall–Kier alpha value is -1.59. The molecule has 0 saturated carbocycles. The fraction of sp³-hybridized carbons (Fsp3) is 0.333. The van der Waals surface area contributed by atoms with Crippen LogP contribution in [0.5, 0.6) is 0 Å². The highest BCUT2D eigenvalue weighted by atomic mass is 35.5. The molecule has 98 valence electrons. The van der Waals surface area contributed by atoms with E-state index in [-0.39, 0.29) is 12.6 Å². The number of hydrogen-bond donors (Lipinski definition) is 2. The maximum atomic E-state index is 11.3. The Kier molecular flexibility index (Phi) is 5.61. The van der Waals surface area contributed by atoms with E-state index in [0.717, 1.165) is 5.56 Å². The second kappa shape index (κ2) is 6.98. The zero-order chi connectivity index (χ0) is 13.5. The molecule has 1 rings (SSSR count). The summed E-state index contributed by atoms with van der Waals surface area (Å²) in [5, 5.41) is 5.71. The molecule has 0 aliphatic heterocycles. The van der Waals surface area contributed by atoms with Crippen molar-refractivity contribution in [3.05, 3.63) is 34.9 Å². The number of nitrogens with one attached hydrogen (secondary N) is 2. The number of rotatable bonds is 4. The highest BCUT2D eigenvalue weighted by molar-refractivity contribution is 6.30. The molecular weight excluding hydrogens is 256 g/mol. The Balaban J connectivity index is 2.41. The zero-order valence-electron chi connectivity index (χ0n) is 10.2. The number of hydrogen-bond acceptors (Lipinski definition) is 4.